The molecule has 2 N–H and O–H groups in total. The van der Waals surface area contributed by atoms with Crippen LogP contribution in [0.1, 0.15) is 25.8 Å². The molecular formula is C13H19F3N2O2S. The van der Waals surface area contributed by atoms with Gasteiger partial charge in [-0.1, -0.05) is 13.8 Å². The largest absolute Gasteiger partial charge is 0.416 e. The van der Waals surface area contributed by atoms with Gasteiger partial charge in [-0.3, -0.25) is 4.72 Å². The van der Waals surface area contributed by atoms with Gasteiger partial charge in [-0.25, -0.2) is 8.42 Å². The van der Waals surface area contributed by atoms with Gasteiger partial charge in [0.25, 0.3) is 0 Å². The highest BCUT2D eigenvalue weighted by Crippen LogP contribution is 2.29. The van der Waals surface area contributed by atoms with Crippen molar-refractivity contribution in [1.29, 1.82) is 0 Å². The number of benzene rings is 1. The van der Waals surface area contributed by atoms with Crippen molar-refractivity contribution >= 4 is 15.7 Å². The van der Waals surface area contributed by atoms with Crippen molar-refractivity contribution < 1.29 is 21.6 Å². The zero-order valence-electron chi connectivity index (χ0n) is 11.9. The van der Waals surface area contributed by atoms with Crippen LogP contribution in [-0.4, -0.2) is 26.8 Å². The zero-order chi connectivity index (χ0) is 16.1. The first kappa shape index (κ1) is 17.8. The number of rotatable bonds is 7. The molecule has 0 fully saturated rings. The van der Waals surface area contributed by atoms with Crippen LogP contribution in [-0.2, 0) is 16.2 Å². The second kappa shape index (κ2) is 7.13. The minimum atomic E-state index is -4.43. The summed E-state index contributed by atoms with van der Waals surface area (Å²) >= 11 is 0. The molecule has 0 aliphatic rings. The summed E-state index contributed by atoms with van der Waals surface area (Å²) in [6.45, 7) is 4.47. The number of anilines is 1. The fourth-order valence-electron chi connectivity index (χ4n) is 1.61. The minimum absolute atomic E-state index is 0.0895. The third kappa shape index (κ3) is 6.81. The lowest BCUT2D eigenvalue weighted by Gasteiger charge is -2.11. The number of sulfonamides is 1. The molecule has 1 rings (SSSR count). The Hall–Kier alpha value is -1.28. The first-order valence-corrected chi connectivity index (χ1v) is 8.16. The molecule has 0 radical (unpaired) electrons. The summed E-state index contributed by atoms with van der Waals surface area (Å²) in [5.41, 5.74) is -0.689. The number of alkyl halides is 3. The monoisotopic (exact) mass is 324 g/mol. The lowest BCUT2D eigenvalue weighted by Crippen LogP contribution is -2.26. The fourth-order valence-corrected chi connectivity index (χ4v) is 2.73. The molecule has 0 bridgehead atoms. The lowest BCUT2D eigenvalue weighted by atomic mass is 10.2. The van der Waals surface area contributed by atoms with Gasteiger partial charge in [-0.2, -0.15) is 13.2 Å². The van der Waals surface area contributed by atoms with E-state index in [9.17, 15) is 21.6 Å². The second-order valence-corrected chi connectivity index (χ2v) is 6.80. The van der Waals surface area contributed by atoms with E-state index in [1.165, 1.54) is 0 Å². The molecule has 0 unspecified atom stereocenters. The average molecular weight is 324 g/mol. The highest BCUT2D eigenvalue weighted by Gasteiger charge is 2.30. The van der Waals surface area contributed by atoms with Gasteiger partial charge < -0.3 is 5.32 Å². The van der Waals surface area contributed by atoms with Crippen LogP contribution in [0.2, 0.25) is 0 Å². The molecule has 0 saturated heterocycles. The smallest absolute Gasteiger partial charge is 0.314 e. The summed E-state index contributed by atoms with van der Waals surface area (Å²) in [6, 6.07) is 4.17. The summed E-state index contributed by atoms with van der Waals surface area (Å²) in [5.74, 6) is -0.0895. The van der Waals surface area contributed by atoms with Crippen molar-refractivity contribution in [3.05, 3.63) is 29.8 Å². The highest BCUT2D eigenvalue weighted by molar-refractivity contribution is 7.92. The molecule has 0 amide bonds. The number of hydrogen-bond acceptors (Lipinski definition) is 3. The topological polar surface area (TPSA) is 58.2 Å². The summed E-state index contributed by atoms with van der Waals surface area (Å²) < 4.78 is 62.9. The van der Waals surface area contributed by atoms with Crippen LogP contribution in [0.3, 0.4) is 0 Å². The van der Waals surface area contributed by atoms with E-state index in [0.29, 0.717) is 13.0 Å². The molecule has 120 valence electrons. The Balaban J connectivity index is 2.55. The fraction of sp³-hybridized carbons (Fsp3) is 0.538. The van der Waals surface area contributed by atoms with Crippen molar-refractivity contribution in [2.75, 3.05) is 17.0 Å². The van der Waals surface area contributed by atoms with Gasteiger partial charge in [0.1, 0.15) is 0 Å². The van der Waals surface area contributed by atoms with Crippen LogP contribution >= 0.6 is 0 Å². The summed E-state index contributed by atoms with van der Waals surface area (Å²) in [6.07, 6.45) is -4.01. The van der Waals surface area contributed by atoms with E-state index in [-0.39, 0.29) is 17.5 Å². The normalized spacial score (nSPS) is 12.7. The quantitative estimate of drug-likeness (QED) is 0.758. The van der Waals surface area contributed by atoms with Crippen LogP contribution in [0.15, 0.2) is 24.3 Å². The van der Waals surface area contributed by atoms with Gasteiger partial charge in [-0.05, 0) is 37.2 Å². The molecule has 0 heterocycles. The molecule has 1 aromatic rings. The van der Waals surface area contributed by atoms with E-state index in [1.54, 1.807) is 0 Å². The van der Waals surface area contributed by atoms with Crippen LogP contribution in [0.5, 0.6) is 0 Å². The van der Waals surface area contributed by atoms with Crippen molar-refractivity contribution in [3.63, 3.8) is 0 Å². The lowest BCUT2D eigenvalue weighted by molar-refractivity contribution is -0.137. The van der Waals surface area contributed by atoms with Gasteiger partial charge in [0.2, 0.25) is 10.0 Å². The first-order valence-electron chi connectivity index (χ1n) is 6.51. The van der Waals surface area contributed by atoms with E-state index in [2.05, 4.69) is 10.0 Å². The maximum atomic E-state index is 12.4. The predicted molar refractivity (Wildman–Crippen MR) is 76.6 cm³/mol. The van der Waals surface area contributed by atoms with Gasteiger partial charge in [0, 0.05) is 11.7 Å². The van der Waals surface area contributed by atoms with E-state index < -0.39 is 21.8 Å². The van der Waals surface area contributed by atoms with Crippen LogP contribution in [0.25, 0.3) is 0 Å². The van der Waals surface area contributed by atoms with E-state index in [1.807, 2.05) is 13.8 Å². The van der Waals surface area contributed by atoms with Gasteiger partial charge in [0.05, 0.1) is 11.3 Å². The van der Waals surface area contributed by atoms with E-state index >= 15 is 0 Å². The molecule has 8 heteroatoms. The summed E-state index contributed by atoms with van der Waals surface area (Å²) in [7, 11) is -3.55. The third-order valence-corrected chi connectivity index (χ3v) is 4.00. The molecule has 0 aliphatic carbocycles. The Labute approximate surface area is 122 Å². The average Bonchev–Trinajstić information content (AvgIpc) is 2.33. The molecule has 0 aliphatic heterocycles. The molecule has 4 nitrogen and oxygen atoms in total. The van der Waals surface area contributed by atoms with Gasteiger partial charge in [0.15, 0.2) is 0 Å². The Morgan fingerprint density at radius 1 is 1.14 bits per heavy atom. The van der Waals surface area contributed by atoms with Crippen molar-refractivity contribution in [2.24, 2.45) is 0 Å². The van der Waals surface area contributed by atoms with Crippen molar-refractivity contribution in [3.8, 4) is 0 Å². The molecule has 0 spiro atoms. The van der Waals surface area contributed by atoms with Crippen molar-refractivity contribution in [2.45, 2.75) is 32.5 Å². The Bertz CT molecular complexity index is 540. The highest BCUT2D eigenvalue weighted by atomic mass is 32.2. The maximum absolute atomic E-state index is 12.4. The molecule has 0 aromatic heterocycles. The Morgan fingerprint density at radius 2 is 1.71 bits per heavy atom. The van der Waals surface area contributed by atoms with Crippen LogP contribution in [0.4, 0.5) is 18.9 Å². The molecule has 0 saturated carbocycles. The molecule has 0 atom stereocenters. The zero-order valence-corrected chi connectivity index (χ0v) is 12.7. The Morgan fingerprint density at radius 3 is 2.19 bits per heavy atom. The first-order chi connectivity index (χ1) is 9.60. The predicted octanol–water partition coefficient (Wildman–Crippen LogP) is 2.84. The summed E-state index contributed by atoms with van der Waals surface area (Å²) in [5, 5.41) is 3.09. The third-order valence-electron chi connectivity index (χ3n) is 2.63. The second-order valence-electron chi connectivity index (χ2n) is 4.96. The maximum Gasteiger partial charge on any atom is 0.416 e. The minimum Gasteiger partial charge on any atom is -0.314 e. The van der Waals surface area contributed by atoms with Crippen LogP contribution < -0.4 is 10.0 Å². The van der Waals surface area contributed by atoms with E-state index in [0.717, 1.165) is 24.3 Å². The number of halogens is 3. The van der Waals surface area contributed by atoms with Crippen LogP contribution in [0, 0.1) is 0 Å². The molecular weight excluding hydrogens is 305 g/mol. The van der Waals surface area contributed by atoms with E-state index in [4.69, 9.17) is 0 Å². The molecule has 1 aromatic carbocycles. The standard InChI is InChI=1S/C13H19F3N2O2S/c1-10(2)17-8-3-9-21(19,20)18-12-6-4-11(5-7-12)13(14,15)16/h4-7,10,17-18H,3,8-9H2,1-2H3. The molecule has 21 heavy (non-hydrogen) atoms. The van der Waals surface area contributed by atoms with Gasteiger partial charge in [-0.15, -0.1) is 0 Å². The van der Waals surface area contributed by atoms with Crippen molar-refractivity contribution in [1.82, 2.24) is 5.32 Å². The number of hydrogen-bond donors (Lipinski definition) is 2. The Kier molecular flexibility index (Phi) is 6.03. The SMILES string of the molecule is CC(C)NCCCS(=O)(=O)Nc1ccc(C(F)(F)F)cc1. The number of nitrogens with one attached hydrogen (secondary N) is 2. The van der Waals surface area contributed by atoms with Gasteiger partial charge >= 0.3 is 6.18 Å². The summed E-state index contributed by atoms with van der Waals surface area (Å²) in [4.78, 5) is 0.